The van der Waals surface area contributed by atoms with Crippen LogP contribution in [0, 0.1) is 24.2 Å². The standard InChI is InChI=1S/C29H29ClN6O/c1-3-4-15-37-24-12-5-19(2)16-23(24)29-35-28-26(36(29)18-21-8-10-22(30)11-9-21)27(33-25(17-31)34-28)32-14-13-20-6-7-20/h3,5,8-12,16,20H,1,4,6-7,13-15,18H2,2H3,(H,32,33,34). The van der Waals surface area contributed by atoms with E-state index in [2.05, 4.69) is 38.6 Å². The summed E-state index contributed by atoms with van der Waals surface area (Å²) < 4.78 is 8.24. The number of hydrogen-bond donors (Lipinski definition) is 1. The quantitative estimate of drug-likeness (QED) is 0.181. The van der Waals surface area contributed by atoms with Gasteiger partial charge in [-0.1, -0.05) is 54.3 Å². The van der Waals surface area contributed by atoms with Gasteiger partial charge in [0, 0.05) is 18.1 Å². The Morgan fingerprint density at radius 3 is 2.73 bits per heavy atom. The smallest absolute Gasteiger partial charge is 0.236 e. The number of benzene rings is 2. The number of halogens is 1. The van der Waals surface area contributed by atoms with Gasteiger partial charge in [-0.25, -0.2) is 4.98 Å². The summed E-state index contributed by atoms with van der Waals surface area (Å²) in [6.45, 7) is 7.66. The Bertz CT molecular complexity index is 1470. The van der Waals surface area contributed by atoms with E-state index in [4.69, 9.17) is 21.3 Å². The Labute approximate surface area is 221 Å². The average molecular weight is 513 g/mol. The van der Waals surface area contributed by atoms with E-state index >= 15 is 0 Å². The summed E-state index contributed by atoms with van der Waals surface area (Å²) in [5.74, 6) is 2.93. The first-order valence-corrected chi connectivity index (χ1v) is 12.9. The summed E-state index contributed by atoms with van der Waals surface area (Å²) in [7, 11) is 0. The fourth-order valence-electron chi connectivity index (χ4n) is 4.34. The zero-order chi connectivity index (χ0) is 25.8. The molecule has 1 N–H and O–H groups in total. The summed E-state index contributed by atoms with van der Waals surface area (Å²) in [6.07, 6.45) is 6.21. The second-order valence-corrected chi connectivity index (χ2v) is 9.85. The molecule has 1 fully saturated rings. The molecule has 37 heavy (non-hydrogen) atoms. The lowest BCUT2D eigenvalue weighted by molar-refractivity contribution is 0.326. The van der Waals surface area contributed by atoms with Crippen LogP contribution in [0.5, 0.6) is 5.75 Å². The first kappa shape index (κ1) is 24.8. The van der Waals surface area contributed by atoms with E-state index in [1.165, 1.54) is 12.8 Å². The number of nitrogens with one attached hydrogen (secondary N) is 1. The number of aryl methyl sites for hydroxylation is 1. The lowest BCUT2D eigenvalue weighted by Gasteiger charge is -2.15. The Morgan fingerprint density at radius 1 is 1.19 bits per heavy atom. The van der Waals surface area contributed by atoms with Crippen molar-refractivity contribution in [3.8, 4) is 23.2 Å². The second-order valence-electron chi connectivity index (χ2n) is 9.41. The van der Waals surface area contributed by atoms with Crippen molar-refractivity contribution in [2.24, 2.45) is 5.92 Å². The third-order valence-corrected chi connectivity index (χ3v) is 6.71. The third kappa shape index (κ3) is 5.76. The molecule has 0 unspecified atom stereocenters. The summed E-state index contributed by atoms with van der Waals surface area (Å²) in [5, 5.41) is 13.8. The highest BCUT2D eigenvalue weighted by Gasteiger charge is 2.24. The lowest BCUT2D eigenvalue weighted by Crippen LogP contribution is -2.10. The van der Waals surface area contributed by atoms with E-state index in [1.807, 2.05) is 49.4 Å². The molecule has 0 aliphatic heterocycles. The number of anilines is 1. The van der Waals surface area contributed by atoms with Gasteiger partial charge in [0.15, 0.2) is 11.5 Å². The van der Waals surface area contributed by atoms with Crippen molar-refractivity contribution < 1.29 is 4.74 Å². The minimum atomic E-state index is 0.0933. The first-order valence-electron chi connectivity index (χ1n) is 12.6. The van der Waals surface area contributed by atoms with Gasteiger partial charge in [0.1, 0.15) is 23.2 Å². The molecule has 1 aliphatic carbocycles. The van der Waals surface area contributed by atoms with Crippen LogP contribution in [-0.4, -0.2) is 32.7 Å². The topological polar surface area (TPSA) is 88.7 Å². The average Bonchev–Trinajstić information content (AvgIpc) is 3.66. The summed E-state index contributed by atoms with van der Waals surface area (Å²) in [5.41, 5.74) is 4.24. The molecular formula is C29H29ClN6O. The van der Waals surface area contributed by atoms with Gasteiger partial charge in [-0.2, -0.15) is 15.2 Å². The van der Waals surface area contributed by atoms with Crippen LogP contribution in [0.2, 0.25) is 5.02 Å². The normalized spacial score (nSPS) is 12.9. The second kappa shape index (κ2) is 11.0. The third-order valence-electron chi connectivity index (χ3n) is 6.45. The highest BCUT2D eigenvalue weighted by Crippen LogP contribution is 2.36. The van der Waals surface area contributed by atoms with Crippen molar-refractivity contribution in [1.29, 1.82) is 5.26 Å². The Hall–Kier alpha value is -3.89. The molecule has 7 nitrogen and oxygen atoms in total. The zero-order valence-corrected chi connectivity index (χ0v) is 21.6. The van der Waals surface area contributed by atoms with Crippen LogP contribution in [-0.2, 0) is 6.54 Å². The number of hydrogen-bond acceptors (Lipinski definition) is 6. The van der Waals surface area contributed by atoms with Gasteiger partial charge >= 0.3 is 0 Å². The highest BCUT2D eigenvalue weighted by molar-refractivity contribution is 6.30. The van der Waals surface area contributed by atoms with Gasteiger partial charge in [0.25, 0.3) is 0 Å². The van der Waals surface area contributed by atoms with Crippen molar-refractivity contribution in [2.45, 2.75) is 39.2 Å². The van der Waals surface area contributed by atoms with Crippen LogP contribution in [0.3, 0.4) is 0 Å². The number of aromatic nitrogens is 4. The van der Waals surface area contributed by atoms with Crippen LogP contribution in [0.25, 0.3) is 22.6 Å². The molecule has 8 heteroatoms. The predicted octanol–water partition coefficient (Wildman–Crippen LogP) is 6.54. The van der Waals surface area contributed by atoms with Gasteiger partial charge in [-0.3, -0.25) is 0 Å². The molecule has 1 saturated carbocycles. The Morgan fingerprint density at radius 2 is 2.00 bits per heavy atom. The van der Waals surface area contributed by atoms with Gasteiger partial charge in [-0.05, 0) is 55.5 Å². The van der Waals surface area contributed by atoms with Gasteiger partial charge in [0.2, 0.25) is 5.82 Å². The SMILES string of the molecule is C=CCCOc1ccc(C)cc1-c1nc2nc(C#N)nc(NCCC3CC3)c2n1Cc1ccc(Cl)cc1. The van der Waals surface area contributed by atoms with E-state index in [0.717, 1.165) is 53.3 Å². The summed E-state index contributed by atoms with van der Waals surface area (Å²) in [6, 6.07) is 15.9. The minimum absolute atomic E-state index is 0.0933. The number of imidazole rings is 1. The number of nitriles is 1. The van der Waals surface area contributed by atoms with E-state index < -0.39 is 0 Å². The van der Waals surface area contributed by atoms with E-state index in [9.17, 15) is 5.26 Å². The summed E-state index contributed by atoms with van der Waals surface area (Å²) >= 11 is 6.16. The predicted molar refractivity (Wildman–Crippen MR) is 147 cm³/mol. The maximum absolute atomic E-state index is 9.62. The van der Waals surface area contributed by atoms with Crippen molar-refractivity contribution in [3.05, 3.63) is 77.1 Å². The molecular weight excluding hydrogens is 484 g/mol. The van der Waals surface area contributed by atoms with Crippen LogP contribution in [0.15, 0.2) is 55.1 Å². The molecule has 0 bridgehead atoms. The van der Waals surface area contributed by atoms with Crippen LogP contribution < -0.4 is 10.1 Å². The number of rotatable bonds is 11. The van der Waals surface area contributed by atoms with E-state index in [0.29, 0.717) is 35.5 Å². The Kier molecular flexibility index (Phi) is 7.38. The minimum Gasteiger partial charge on any atom is -0.493 e. The molecule has 0 amide bonds. The van der Waals surface area contributed by atoms with Gasteiger partial charge in [-0.15, -0.1) is 6.58 Å². The zero-order valence-electron chi connectivity index (χ0n) is 20.9. The number of fused-ring (bicyclic) bond motifs is 1. The van der Waals surface area contributed by atoms with Crippen molar-refractivity contribution in [3.63, 3.8) is 0 Å². The molecule has 2 aromatic carbocycles. The fourth-order valence-corrected chi connectivity index (χ4v) is 4.47. The monoisotopic (exact) mass is 512 g/mol. The number of nitrogens with zero attached hydrogens (tertiary/aromatic N) is 5. The van der Waals surface area contributed by atoms with Gasteiger partial charge < -0.3 is 14.6 Å². The lowest BCUT2D eigenvalue weighted by atomic mass is 10.1. The summed E-state index contributed by atoms with van der Waals surface area (Å²) in [4.78, 5) is 14.0. The van der Waals surface area contributed by atoms with Crippen LogP contribution in [0.4, 0.5) is 5.82 Å². The van der Waals surface area contributed by atoms with Crippen molar-refractivity contribution >= 4 is 28.6 Å². The van der Waals surface area contributed by atoms with Gasteiger partial charge in [0.05, 0.1) is 12.2 Å². The fraction of sp³-hybridized carbons (Fsp3) is 0.310. The molecule has 0 saturated heterocycles. The first-order chi connectivity index (χ1) is 18.1. The number of ether oxygens (including phenoxy) is 1. The molecule has 0 spiro atoms. The largest absolute Gasteiger partial charge is 0.493 e. The maximum atomic E-state index is 9.62. The van der Waals surface area contributed by atoms with E-state index in [1.54, 1.807) is 0 Å². The van der Waals surface area contributed by atoms with E-state index in [-0.39, 0.29) is 5.82 Å². The molecule has 4 aromatic rings. The Balaban J connectivity index is 1.67. The molecule has 188 valence electrons. The molecule has 0 radical (unpaired) electrons. The molecule has 2 aromatic heterocycles. The molecule has 2 heterocycles. The van der Waals surface area contributed by atoms with Crippen LogP contribution in [0.1, 0.15) is 42.6 Å². The van der Waals surface area contributed by atoms with Crippen molar-refractivity contribution in [2.75, 3.05) is 18.5 Å². The molecule has 0 atom stereocenters. The van der Waals surface area contributed by atoms with Crippen LogP contribution >= 0.6 is 11.6 Å². The maximum Gasteiger partial charge on any atom is 0.236 e. The highest BCUT2D eigenvalue weighted by atomic mass is 35.5. The molecule has 5 rings (SSSR count). The molecule has 1 aliphatic rings. The van der Waals surface area contributed by atoms with Crippen molar-refractivity contribution in [1.82, 2.24) is 19.5 Å².